The predicted molar refractivity (Wildman–Crippen MR) is 74.7 cm³/mol. The minimum absolute atomic E-state index is 0.197. The maximum Gasteiger partial charge on any atom is 0.336 e. The third kappa shape index (κ3) is 2.63. The fourth-order valence-corrected chi connectivity index (χ4v) is 2.24. The average molecular weight is 279 g/mol. The van der Waals surface area contributed by atoms with Gasteiger partial charge in [-0.2, -0.15) is 5.10 Å². The Hall–Kier alpha value is -1.81. The van der Waals surface area contributed by atoms with Crippen LogP contribution in [0, 0.1) is 0 Å². The van der Waals surface area contributed by atoms with E-state index in [2.05, 4.69) is 5.10 Å². The zero-order valence-corrected chi connectivity index (χ0v) is 11.8. The fraction of sp³-hybridized carbons (Fsp3) is 0.286. The highest BCUT2D eigenvalue weighted by Gasteiger charge is 2.19. The van der Waals surface area contributed by atoms with Crippen LogP contribution in [0.25, 0.3) is 11.1 Å². The maximum absolute atomic E-state index is 11.3. The molecule has 0 aliphatic rings. The van der Waals surface area contributed by atoms with Gasteiger partial charge in [-0.1, -0.05) is 31.5 Å². The molecule has 0 saturated heterocycles. The van der Waals surface area contributed by atoms with Gasteiger partial charge in [0, 0.05) is 23.8 Å². The third-order valence-electron chi connectivity index (χ3n) is 2.91. The number of carboxylic acids is 1. The lowest BCUT2D eigenvalue weighted by atomic mass is 9.96. The summed E-state index contributed by atoms with van der Waals surface area (Å²) >= 11 is 5.87. The van der Waals surface area contributed by atoms with E-state index in [4.69, 9.17) is 11.6 Å². The molecular weight excluding hydrogens is 264 g/mol. The molecule has 0 fully saturated rings. The highest BCUT2D eigenvalue weighted by molar-refractivity contribution is 6.31. The lowest BCUT2D eigenvalue weighted by Gasteiger charge is -2.08. The number of rotatable bonds is 3. The highest BCUT2D eigenvalue weighted by atomic mass is 35.5. The van der Waals surface area contributed by atoms with E-state index >= 15 is 0 Å². The Morgan fingerprint density at radius 1 is 1.37 bits per heavy atom. The summed E-state index contributed by atoms with van der Waals surface area (Å²) in [6, 6.07) is 4.89. The normalized spacial score (nSPS) is 11.0. The van der Waals surface area contributed by atoms with E-state index < -0.39 is 5.97 Å². The number of carbonyl (C=O) groups is 1. The van der Waals surface area contributed by atoms with Gasteiger partial charge in [0.25, 0.3) is 0 Å². The molecule has 19 heavy (non-hydrogen) atoms. The van der Waals surface area contributed by atoms with E-state index in [1.54, 1.807) is 16.8 Å². The molecule has 100 valence electrons. The Morgan fingerprint density at radius 2 is 2.05 bits per heavy atom. The lowest BCUT2D eigenvalue weighted by molar-refractivity contribution is 0.0697. The second-order valence-electron chi connectivity index (χ2n) is 4.75. The summed E-state index contributed by atoms with van der Waals surface area (Å²) in [5, 5.41) is 14.1. The molecule has 0 aliphatic heterocycles. The van der Waals surface area contributed by atoms with Gasteiger partial charge in [-0.05, 0) is 23.6 Å². The topological polar surface area (TPSA) is 55.1 Å². The molecule has 0 aliphatic carbocycles. The fourth-order valence-electron chi connectivity index (χ4n) is 2.07. The van der Waals surface area contributed by atoms with E-state index in [0.717, 1.165) is 11.3 Å². The smallest absolute Gasteiger partial charge is 0.336 e. The number of aromatic carboxylic acids is 1. The molecular formula is C14H15ClN2O2. The number of aromatic nitrogens is 2. The van der Waals surface area contributed by atoms with Crippen molar-refractivity contribution in [1.82, 2.24) is 9.78 Å². The number of halogens is 1. The van der Waals surface area contributed by atoms with E-state index in [1.165, 1.54) is 6.07 Å². The first-order chi connectivity index (χ1) is 8.90. The van der Waals surface area contributed by atoms with Crippen LogP contribution in [-0.2, 0) is 7.05 Å². The van der Waals surface area contributed by atoms with Crippen LogP contribution in [-0.4, -0.2) is 20.9 Å². The second-order valence-corrected chi connectivity index (χ2v) is 5.19. The summed E-state index contributed by atoms with van der Waals surface area (Å²) < 4.78 is 1.70. The van der Waals surface area contributed by atoms with Gasteiger partial charge in [0.05, 0.1) is 11.3 Å². The van der Waals surface area contributed by atoms with Crippen molar-refractivity contribution in [3.63, 3.8) is 0 Å². The Labute approximate surface area is 116 Å². The number of benzene rings is 1. The van der Waals surface area contributed by atoms with E-state index in [1.807, 2.05) is 27.1 Å². The van der Waals surface area contributed by atoms with Crippen molar-refractivity contribution in [2.75, 3.05) is 0 Å². The summed E-state index contributed by atoms with van der Waals surface area (Å²) in [7, 11) is 1.83. The van der Waals surface area contributed by atoms with Crippen LogP contribution in [0.3, 0.4) is 0 Å². The second kappa shape index (κ2) is 5.05. The summed E-state index contributed by atoms with van der Waals surface area (Å²) in [6.45, 7) is 4.06. The number of carboxylic acid groups (broad SMARTS) is 1. The van der Waals surface area contributed by atoms with Crippen molar-refractivity contribution in [3.8, 4) is 11.1 Å². The van der Waals surface area contributed by atoms with Crippen LogP contribution in [0.1, 0.15) is 35.8 Å². The highest BCUT2D eigenvalue weighted by Crippen LogP contribution is 2.32. The molecule has 1 aromatic heterocycles. The molecule has 1 N–H and O–H groups in total. The summed E-state index contributed by atoms with van der Waals surface area (Å²) in [5.74, 6) is -0.774. The maximum atomic E-state index is 11.3. The van der Waals surface area contributed by atoms with Gasteiger partial charge >= 0.3 is 5.97 Å². The van der Waals surface area contributed by atoms with Crippen molar-refractivity contribution in [1.29, 1.82) is 0 Å². The minimum atomic E-state index is -0.990. The molecule has 0 radical (unpaired) electrons. The Kier molecular flexibility index (Phi) is 3.62. The molecule has 5 heteroatoms. The SMILES string of the molecule is CC(C)c1nn(C)cc1-c1ccc(Cl)cc1C(=O)O. The van der Waals surface area contributed by atoms with Crippen molar-refractivity contribution < 1.29 is 9.90 Å². The van der Waals surface area contributed by atoms with Gasteiger partial charge < -0.3 is 5.11 Å². The summed E-state index contributed by atoms with van der Waals surface area (Å²) in [5.41, 5.74) is 2.56. The van der Waals surface area contributed by atoms with Gasteiger partial charge in [-0.25, -0.2) is 4.79 Å². The minimum Gasteiger partial charge on any atom is -0.478 e. The van der Waals surface area contributed by atoms with Gasteiger partial charge in [-0.3, -0.25) is 4.68 Å². The number of nitrogens with zero attached hydrogens (tertiary/aromatic N) is 2. The van der Waals surface area contributed by atoms with E-state index in [-0.39, 0.29) is 11.5 Å². The first kappa shape index (κ1) is 13.6. The van der Waals surface area contributed by atoms with Crippen LogP contribution in [0.15, 0.2) is 24.4 Å². The van der Waals surface area contributed by atoms with Crippen LogP contribution >= 0.6 is 11.6 Å². The molecule has 2 aromatic rings. The van der Waals surface area contributed by atoms with Crippen molar-refractivity contribution in [3.05, 3.63) is 40.7 Å². The molecule has 1 aromatic carbocycles. The largest absolute Gasteiger partial charge is 0.478 e. The van der Waals surface area contributed by atoms with Crippen molar-refractivity contribution >= 4 is 17.6 Å². The molecule has 0 spiro atoms. The number of hydrogen-bond donors (Lipinski definition) is 1. The zero-order valence-electron chi connectivity index (χ0n) is 11.0. The zero-order chi connectivity index (χ0) is 14.2. The standard InChI is InChI=1S/C14H15ClN2O2/c1-8(2)13-12(7-17(3)16-13)10-5-4-9(15)6-11(10)14(18)19/h4-8H,1-3H3,(H,18,19). The van der Waals surface area contributed by atoms with Crippen LogP contribution < -0.4 is 0 Å². The van der Waals surface area contributed by atoms with E-state index in [9.17, 15) is 9.90 Å². The number of hydrogen-bond acceptors (Lipinski definition) is 2. The summed E-state index contributed by atoms with van der Waals surface area (Å²) in [4.78, 5) is 11.3. The molecule has 2 rings (SSSR count). The molecule has 0 atom stereocenters. The van der Waals surface area contributed by atoms with E-state index in [0.29, 0.717) is 10.6 Å². The monoisotopic (exact) mass is 278 g/mol. The molecule has 0 unspecified atom stereocenters. The lowest BCUT2D eigenvalue weighted by Crippen LogP contribution is -2.01. The predicted octanol–water partition coefficient (Wildman–Crippen LogP) is 3.56. The molecule has 1 heterocycles. The van der Waals surface area contributed by atoms with Gasteiger partial charge in [-0.15, -0.1) is 0 Å². The first-order valence-corrected chi connectivity index (χ1v) is 6.34. The van der Waals surface area contributed by atoms with Gasteiger partial charge in [0.1, 0.15) is 0 Å². The molecule has 0 bridgehead atoms. The number of aryl methyl sites for hydroxylation is 1. The van der Waals surface area contributed by atoms with Gasteiger partial charge in [0.2, 0.25) is 0 Å². The molecule has 4 nitrogen and oxygen atoms in total. The Balaban J connectivity index is 2.68. The van der Waals surface area contributed by atoms with Crippen molar-refractivity contribution in [2.24, 2.45) is 7.05 Å². The summed E-state index contributed by atoms with van der Waals surface area (Å²) in [6.07, 6.45) is 1.84. The Morgan fingerprint density at radius 3 is 2.63 bits per heavy atom. The van der Waals surface area contributed by atoms with Crippen LogP contribution in [0.4, 0.5) is 0 Å². The molecule has 0 saturated carbocycles. The van der Waals surface area contributed by atoms with Crippen molar-refractivity contribution in [2.45, 2.75) is 19.8 Å². The van der Waals surface area contributed by atoms with Crippen LogP contribution in [0.5, 0.6) is 0 Å². The van der Waals surface area contributed by atoms with Crippen LogP contribution in [0.2, 0.25) is 5.02 Å². The third-order valence-corrected chi connectivity index (χ3v) is 3.14. The Bertz CT molecular complexity index is 632. The average Bonchev–Trinajstić information content (AvgIpc) is 2.71. The van der Waals surface area contributed by atoms with Gasteiger partial charge in [0.15, 0.2) is 0 Å². The molecule has 0 amide bonds. The first-order valence-electron chi connectivity index (χ1n) is 5.97. The quantitative estimate of drug-likeness (QED) is 0.934.